The number of sulfonamides is 1. The molecule has 0 saturated carbocycles. The topological polar surface area (TPSA) is 92.4 Å². The summed E-state index contributed by atoms with van der Waals surface area (Å²) < 4.78 is 21.6. The Bertz CT molecular complexity index is 683. The van der Waals surface area contributed by atoms with E-state index in [1.807, 2.05) is 30.3 Å². The van der Waals surface area contributed by atoms with Gasteiger partial charge in [-0.1, -0.05) is 30.3 Å². The molecule has 0 spiro atoms. The average Bonchev–Trinajstić information content (AvgIpc) is 2.35. The number of hydrogen-bond acceptors (Lipinski definition) is 4. The zero-order chi connectivity index (χ0) is 13.9. The van der Waals surface area contributed by atoms with E-state index in [2.05, 4.69) is 5.32 Å². The lowest BCUT2D eigenvalue weighted by Crippen LogP contribution is -2.26. The maximum absolute atomic E-state index is 10.8. The fourth-order valence-electron chi connectivity index (χ4n) is 1.94. The van der Waals surface area contributed by atoms with Crippen molar-refractivity contribution in [3.8, 4) is 5.75 Å². The summed E-state index contributed by atoms with van der Waals surface area (Å²) in [6.45, 7) is 0.643. The van der Waals surface area contributed by atoms with Gasteiger partial charge < -0.3 is 10.4 Å². The van der Waals surface area contributed by atoms with E-state index in [9.17, 15) is 13.5 Å². The summed E-state index contributed by atoms with van der Waals surface area (Å²) in [6, 6.07) is 11.2. The average molecular weight is 280 g/mol. The summed E-state index contributed by atoms with van der Waals surface area (Å²) >= 11 is 0. The van der Waals surface area contributed by atoms with Crippen molar-refractivity contribution < 1.29 is 13.5 Å². The molecule has 0 saturated heterocycles. The summed E-state index contributed by atoms with van der Waals surface area (Å²) in [4.78, 5) is 0. The largest absolute Gasteiger partial charge is 0.508 e. The van der Waals surface area contributed by atoms with Crippen LogP contribution in [0.1, 0.15) is 5.56 Å². The van der Waals surface area contributed by atoms with Crippen molar-refractivity contribution in [2.24, 2.45) is 5.14 Å². The third kappa shape index (κ3) is 3.66. The summed E-state index contributed by atoms with van der Waals surface area (Å²) in [5, 5.41) is 19.8. The lowest BCUT2D eigenvalue weighted by atomic mass is 10.0. The number of nitrogens with one attached hydrogen (secondary N) is 1. The molecule has 0 aromatic heterocycles. The molecule has 19 heavy (non-hydrogen) atoms. The normalized spacial score (nSPS) is 11.8. The zero-order valence-electron chi connectivity index (χ0n) is 10.3. The number of fused-ring (bicyclic) bond motifs is 1. The SMILES string of the molecule is NS(=O)(=O)CCNCc1c(O)ccc2ccccc12. The van der Waals surface area contributed by atoms with E-state index >= 15 is 0 Å². The molecule has 2 aromatic rings. The standard InChI is InChI=1S/C13H16N2O3S/c14-19(17,18)8-7-15-9-12-11-4-2-1-3-10(11)5-6-13(12)16/h1-6,15-16H,7-9H2,(H2,14,17,18). The van der Waals surface area contributed by atoms with E-state index in [1.165, 1.54) is 0 Å². The highest BCUT2D eigenvalue weighted by Crippen LogP contribution is 2.26. The molecule has 0 unspecified atom stereocenters. The van der Waals surface area contributed by atoms with E-state index in [4.69, 9.17) is 5.14 Å². The quantitative estimate of drug-likeness (QED) is 0.710. The van der Waals surface area contributed by atoms with Crippen molar-refractivity contribution in [3.05, 3.63) is 42.0 Å². The smallest absolute Gasteiger partial charge is 0.210 e. The Balaban J connectivity index is 2.14. The Labute approximate surface area is 112 Å². The second kappa shape index (κ2) is 5.56. The molecule has 0 atom stereocenters. The Kier molecular flexibility index (Phi) is 4.04. The molecular formula is C13H16N2O3S. The van der Waals surface area contributed by atoms with Crippen LogP contribution in [0.5, 0.6) is 5.75 Å². The second-order valence-corrected chi connectivity index (χ2v) is 6.06. The maximum Gasteiger partial charge on any atom is 0.210 e. The third-order valence-electron chi connectivity index (χ3n) is 2.88. The van der Waals surface area contributed by atoms with E-state index in [-0.39, 0.29) is 18.0 Å². The first kappa shape index (κ1) is 13.8. The van der Waals surface area contributed by atoms with Crippen LogP contribution in [-0.2, 0) is 16.6 Å². The highest BCUT2D eigenvalue weighted by Gasteiger charge is 2.07. The first-order valence-corrected chi connectivity index (χ1v) is 7.60. The van der Waals surface area contributed by atoms with E-state index in [0.29, 0.717) is 6.54 Å². The van der Waals surface area contributed by atoms with Crippen molar-refractivity contribution in [1.82, 2.24) is 5.32 Å². The van der Waals surface area contributed by atoms with Crippen LogP contribution < -0.4 is 10.5 Å². The van der Waals surface area contributed by atoms with Gasteiger partial charge in [0.15, 0.2) is 0 Å². The predicted octanol–water partition coefficient (Wildman–Crippen LogP) is 0.924. The van der Waals surface area contributed by atoms with Gasteiger partial charge in [0.1, 0.15) is 5.75 Å². The highest BCUT2D eigenvalue weighted by atomic mass is 32.2. The van der Waals surface area contributed by atoms with Crippen LogP contribution in [0.2, 0.25) is 0 Å². The lowest BCUT2D eigenvalue weighted by molar-refractivity contribution is 0.466. The molecule has 0 aliphatic carbocycles. The van der Waals surface area contributed by atoms with Crippen LogP contribution >= 0.6 is 0 Å². The Morgan fingerprint density at radius 1 is 1.16 bits per heavy atom. The molecule has 0 aliphatic rings. The van der Waals surface area contributed by atoms with Gasteiger partial charge in [-0.05, 0) is 16.8 Å². The summed E-state index contributed by atoms with van der Waals surface area (Å²) in [6.07, 6.45) is 0. The summed E-state index contributed by atoms with van der Waals surface area (Å²) in [7, 11) is -3.46. The van der Waals surface area contributed by atoms with Gasteiger partial charge in [-0.25, -0.2) is 13.6 Å². The number of nitrogens with two attached hydrogens (primary N) is 1. The molecule has 0 aliphatic heterocycles. The van der Waals surface area contributed by atoms with Crippen molar-refractivity contribution in [3.63, 3.8) is 0 Å². The molecule has 6 heteroatoms. The number of hydrogen-bond donors (Lipinski definition) is 3. The molecule has 0 fully saturated rings. The van der Waals surface area contributed by atoms with Crippen LogP contribution in [0.4, 0.5) is 0 Å². The van der Waals surface area contributed by atoms with Crippen LogP contribution in [0.15, 0.2) is 36.4 Å². The van der Waals surface area contributed by atoms with Gasteiger partial charge in [0.05, 0.1) is 5.75 Å². The maximum atomic E-state index is 10.8. The van der Waals surface area contributed by atoms with E-state index in [1.54, 1.807) is 6.07 Å². The molecular weight excluding hydrogens is 264 g/mol. The van der Waals surface area contributed by atoms with E-state index in [0.717, 1.165) is 16.3 Å². The van der Waals surface area contributed by atoms with Crippen LogP contribution in [0, 0.1) is 0 Å². The summed E-state index contributed by atoms with van der Waals surface area (Å²) in [5.74, 6) is 0.0697. The van der Waals surface area contributed by atoms with Gasteiger partial charge in [-0.2, -0.15) is 0 Å². The fourth-order valence-corrected chi connectivity index (χ4v) is 2.37. The Morgan fingerprint density at radius 3 is 2.63 bits per heavy atom. The molecule has 0 bridgehead atoms. The lowest BCUT2D eigenvalue weighted by Gasteiger charge is -2.10. The Hall–Kier alpha value is -1.63. The minimum absolute atomic E-state index is 0.126. The minimum atomic E-state index is -3.46. The van der Waals surface area contributed by atoms with Crippen molar-refractivity contribution in [2.45, 2.75) is 6.54 Å². The molecule has 0 radical (unpaired) electrons. The number of phenolic OH excluding ortho intramolecular Hbond substituents is 1. The van der Waals surface area contributed by atoms with Crippen LogP contribution in [-0.4, -0.2) is 25.8 Å². The fraction of sp³-hybridized carbons (Fsp3) is 0.231. The van der Waals surface area contributed by atoms with E-state index < -0.39 is 10.0 Å². The highest BCUT2D eigenvalue weighted by molar-refractivity contribution is 7.89. The molecule has 102 valence electrons. The van der Waals surface area contributed by atoms with Crippen LogP contribution in [0.3, 0.4) is 0 Å². The van der Waals surface area contributed by atoms with Gasteiger partial charge in [-0.3, -0.25) is 0 Å². The molecule has 0 heterocycles. The first-order valence-electron chi connectivity index (χ1n) is 5.88. The number of benzene rings is 2. The third-order valence-corrected chi connectivity index (χ3v) is 3.65. The van der Waals surface area contributed by atoms with Gasteiger partial charge >= 0.3 is 0 Å². The molecule has 2 rings (SSSR count). The molecule has 5 nitrogen and oxygen atoms in total. The zero-order valence-corrected chi connectivity index (χ0v) is 11.2. The van der Waals surface area contributed by atoms with Crippen LogP contribution in [0.25, 0.3) is 10.8 Å². The number of primary sulfonamides is 1. The number of rotatable bonds is 5. The second-order valence-electron chi connectivity index (χ2n) is 4.33. The number of aromatic hydroxyl groups is 1. The van der Waals surface area contributed by atoms with Crippen molar-refractivity contribution >= 4 is 20.8 Å². The van der Waals surface area contributed by atoms with Gasteiger partial charge in [0.25, 0.3) is 0 Å². The van der Waals surface area contributed by atoms with Crippen molar-refractivity contribution in [2.75, 3.05) is 12.3 Å². The Morgan fingerprint density at radius 2 is 1.89 bits per heavy atom. The predicted molar refractivity (Wildman–Crippen MR) is 75.3 cm³/mol. The first-order chi connectivity index (χ1) is 8.97. The molecule has 4 N–H and O–H groups in total. The van der Waals surface area contributed by atoms with Gasteiger partial charge in [0.2, 0.25) is 10.0 Å². The molecule has 0 amide bonds. The van der Waals surface area contributed by atoms with Gasteiger partial charge in [-0.15, -0.1) is 0 Å². The molecule has 2 aromatic carbocycles. The van der Waals surface area contributed by atoms with Gasteiger partial charge in [0, 0.05) is 18.7 Å². The summed E-state index contributed by atoms with van der Waals surface area (Å²) in [5.41, 5.74) is 0.757. The van der Waals surface area contributed by atoms with Crippen molar-refractivity contribution in [1.29, 1.82) is 0 Å². The minimum Gasteiger partial charge on any atom is -0.508 e. The monoisotopic (exact) mass is 280 g/mol. The number of phenols is 1.